The maximum Gasteiger partial charge on any atom is 0.288 e. The lowest BCUT2D eigenvalue weighted by atomic mass is 10.1. The number of hydrogen-bond acceptors (Lipinski definition) is 6. The van der Waals surface area contributed by atoms with E-state index in [1.807, 2.05) is 32.0 Å². The highest BCUT2D eigenvalue weighted by Gasteiger charge is 2.29. The van der Waals surface area contributed by atoms with Gasteiger partial charge in [0.2, 0.25) is 0 Å². The lowest BCUT2D eigenvalue weighted by molar-refractivity contribution is -0.384. The Hall–Kier alpha value is -4.08. The van der Waals surface area contributed by atoms with E-state index >= 15 is 0 Å². The van der Waals surface area contributed by atoms with E-state index in [4.69, 9.17) is 21.3 Å². The Labute approximate surface area is 230 Å². The third-order valence-corrected chi connectivity index (χ3v) is 7.11. The molecule has 10 heteroatoms. The van der Waals surface area contributed by atoms with E-state index in [1.165, 1.54) is 18.2 Å². The van der Waals surface area contributed by atoms with Crippen LogP contribution < -0.4 is 5.56 Å². The van der Waals surface area contributed by atoms with Gasteiger partial charge in [0, 0.05) is 31.9 Å². The first-order valence-corrected chi connectivity index (χ1v) is 12.8. The maximum absolute atomic E-state index is 13.8. The number of methoxy groups -OCH3 is 1. The molecule has 4 rings (SSSR count). The molecule has 4 aromatic rings. The molecule has 3 aromatic carbocycles. The Balaban J connectivity index is 1.90. The van der Waals surface area contributed by atoms with Crippen LogP contribution in [0.15, 0.2) is 65.5 Å². The number of ether oxygens (including phenoxy) is 1. The van der Waals surface area contributed by atoms with Gasteiger partial charge < -0.3 is 9.64 Å². The second-order valence-electron chi connectivity index (χ2n) is 9.34. The van der Waals surface area contributed by atoms with Crippen molar-refractivity contribution in [2.24, 2.45) is 0 Å². The van der Waals surface area contributed by atoms with Crippen LogP contribution in [0.4, 0.5) is 5.69 Å². The van der Waals surface area contributed by atoms with E-state index in [0.29, 0.717) is 35.4 Å². The van der Waals surface area contributed by atoms with Gasteiger partial charge in [0.25, 0.3) is 17.2 Å². The monoisotopic (exact) mass is 548 g/mol. The molecule has 0 aliphatic carbocycles. The molecule has 1 atom stereocenters. The van der Waals surface area contributed by atoms with Crippen molar-refractivity contribution >= 4 is 34.1 Å². The zero-order valence-electron chi connectivity index (χ0n) is 22.2. The fourth-order valence-corrected chi connectivity index (χ4v) is 4.67. The van der Waals surface area contributed by atoms with Crippen molar-refractivity contribution in [3.8, 4) is 5.69 Å². The van der Waals surface area contributed by atoms with Crippen LogP contribution in [0, 0.1) is 24.0 Å². The molecule has 1 amide bonds. The lowest BCUT2D eigenvalue weighted by Crippen LogP contribution is -2.38. The Morgan fingerprint density at radius 1 is 1.13 bits per heavy atom. The minimum atomic E-state index is -0.678. The number of aryl methyl sites for hydroxylation is 2. The normalized spacial score (nSPS) is 11.9. The zero-order valence-corrected chi connectivity index (χ0v) is 22.9. The summed E-state index contributed by atoms with van der Waals surface area (Å²) in [4.78, 5) is 44.9. The summed E-state index contributed by atoms with van der Waals surface area (Å²) >= 11 is 5.99. The first-order chi connectivity index (χ1) is 18.6. The first-order valence-electron chi connectivity index (χ1n) is 12.5. The largest absolute Gasteiger partial charge is 0.385 e. The van der Waals surface area contributed by atoms with Gasteiger partial charge in [-0.25, -0.2) is 4.98 Å². The summed E-state index contributed by atoms with van der Waals surface area (Å²) < 4.78 is 6.75. The molecule has 0 aliphatic rings. The summed E-state index contributed by atoms with van der Waals surface area (Å²) in [5, 5.41) is 11.9. The number of nitro benzene ring substituents is 1. The highest BCUT2D eigenvalue weighted by Crippen LogP contribution is 2.29. The van der Waals surface area contributed by atoms with Crippen LogP contribution in [-0.2, 0) is 4.74 Å². The third-order valence-electron chi connectivity index (χ3n) is 6.79. The summed E-state index contributed by atoms with van der Waals surface area (Å²) in [5.74, 6) is -0.0800. The van der Waals surface area contributed by atoms with Crippen molar-refractivity contribution in [1.82, 2.24) is 14.5 Å². The summed E-state index contributed by atoms with van der Waals surface area (Å²) in [7, 11) is 1.57. The van der Waals surface area contributed by atoms with Crippen molar-refractivity contribution in [1.29, 1.82) is 0 Å². The number of nitrogens with zero attached hydrogens (tertiary/aromatic N) is 4. The molecule has 0 radical (unpaired) electrons. The van der Waals surface area contributed by atoms with E-state index in [2.05, 4.69) is 0 Å². The molecule has 0 aliphatic heterocycles. The molecule has 0 saturated heterocycles. The molecule has 0 spiro atoms. The van der Waals surface area contributed by atoms with Crippen molar-refractivity contribution in [3.63, 3.8) is 0 Å². The fourth-order valence-electron chi connectivity index (χ4n) is 4.49. The highest BCUT2D eigenvalue weighted by atomic mass is 35.5. The summed E-state index contributed by atoms with van der Waals surface area (Å²) in [5.41, 5.74) is 2.73. The number of fused-ring (bicyclic) bond motifs is 1. The van der Waals surface area contributed by atoms with Crippen molar-refractivity contribution in [3.05, 3.63) is 109 Å². The van der Waals surface area contributed by atoms with E-state index in [0.717, 1.165) is 11.1 Å². The predicted octanol–water partition coefficient (Wildman–Crippen LogP) is 5.80. The van der Waals surface area contributed by atoms with Crippen LogP contribution in [0.25, 0.3) is 16.6 Å². The molecule has 0 saturated carbocycles. The minimum absolute atomic E-state index is 0.0599. The SMILES string of the molecule is COCCCN(C(=O)c1ccc(Cl)c([N+](=O)[O-])c1)C(C)c1nc2ccccc2c(=O)n1-c1ccc(C)c(C)c1. The molecule has 202 valence electrons. The second-order valence-corrected chi connectivity index (χ2v) is 9.75. The van der Waals surface area contributed by atoms with Crippen LogP contribution >= 0.6 is 11.6 Å². The van der Waals surface area contributed by atoms with Gasteiger partial charge in [-0.15, -0.1) is 0 Å². The molecule has 1 aromatic heterocycles. The Kier molecular flexibility index (Phi) is 8.42. The number of halogens is 1. The molecule has 1 unspecified atom stereocenters. The molecular weight excluding hydrogens is 520 g/mol. The van der Waals surface area contributed by atoms with Crippen LogP contribution in [0.5, 0.6) is 0 Å². The summed E-state index contributed by atoms with van der Waals surface area (Å²) in [6.07, 6.45) is 0.504. The van der Waals surface area contributed by atoms with E-state index < -0.39 is 16.9 Å². The number of hydrogen-bond donors (Lipinski definition) is 0. The third kappa shape index (κ3) is 5.69. The summed E-state index contributed by atoms with van der Waals surface area (Å²) in [6.45, 7) is 6.41. The number of carbonyl (C=O) groups is 1. The van der Waals surface area contributed by atoms with Gasteiger partial charge in [0.15, 0.2) is 0 Å². The number of aromatic nitrogens is 2. The number of benzene rings is 3. The van der Waals surface area contributed by atoms with Crippen molar-refractivity contribution in [2.45, 2.75) is 33.2 Å². The molecule has 0 N–H and O–H groups in total. The minimum Gasteiger partial charge on any atom is -0.385 e. The molecule has 9 nitrogen and oxygen atoms in total. The van der Waals surface area contributed by atoms with Crippen LogP contribution in [0.1, 0.15) is 46.7 Å². The number of nitro groups is 1. The molecule has 39 heavy (non-hydrogen) atoms. The molecule has 0 bridgehead atoms. The Bertz CT molecular complexity index is 1620. The average Bonchev–Trinajstić information content (AvgIpc) is 2.92. The van der Waals surface area contributed by atoms with Gasteiger partial charge in [-0.3, -0.25) is 24.3 Å². The lowest BCUT2D eigenvalue weighted by Gasteiger charge is -2.31. The maximum atomic E-state index is 13.8. The Morgan fingerprint density at radius 3 is 2.56 bits per heavy atom. The van der Waals surface area contributed by atoms with Gasteiger partial charge in [-0.2, -0.15) is 0 Å². The molecular formula is C29H29ClN4O5. The van der Waals surface area contributed by atoms with Crippen LogP contribution in [0.2, 0.25) is 5.02 Å². The number of rotatable bonds is 9. The molecule has 1 heterocycles. The smallest absolute Gasteiger partial charge is 0.288 e. The second kappa shape index (κ2) is 11.8. The first kappa shape index (κ1) is 27.9. The Morgan fingerprint density at radius 2 is 1.87 bits per heavy atom. The number of carbonyl (C=O) groups excluding carboxylic acids is 1. The zero-order chi connectivity index (χ0) is 28.3. The summed E-state index contributed by atoms with van der Waals surface area (Å²) in [6, 6.07) is 16.1. The van der Waals surface area contributed by atoms with Crippen LogP contribution in [0.3, 0.4) is 0 Å². The predicted molar refractivity (Wildman–Crippen MR) is 151 cm³/mol. The van der Waals surface area contributed by atoms with E-state index in [-0.39, 0.29) is 28.4 Å². The van der Waals surface area contributed by atoms with Crippen LogP contribution in [-0.4, -0.2) is 45.5 Å². The van der Waals surface area contributed by atoms with E-state index in [1.54, 1.807) is 47.8 Å². The van der Waals surface area contributed by atoms with E-state index in [9.17, 15) is 19.7 Å². The highest BCUT2D eigenvalue weighted by molar-refractivity contribution is 6.32. The quantitative estimate of drug-likeness (QED) is 0.148. The topological polar surface area (TPSA) is 108 Å². The number of amides is 1. The van der Waals surface area contributed by atoms with Gasteiger partial charge in [0.05, 0.1) is 27.6 Å². The molecule has 0 fully saturated rings. The van der Waals surface area contributed by atoms with Gasteiger partial charge in [-0.1, -0.05) is 29.8 Å². The van der Waals surface area contributed by atoms with Gasteiger partial charge in [-0.05, 0) is 74.7 Å². The fraction of sp³-hybridized carbons (Fsp3) is 0.276. The standard InChI is InChI=1S/C29H29ClN4O5/c1-18-10-12-22(16-19(18)2)33-27(31-25-9-6-5-8-23(25)29(33)36)20(3)32(14-7-15-39-4)28(35)21-11-13-24(30)26(17-21)34(37)38/h5-6,8-13,16-17,20H,7,14-15H2,1-4H3. The van der Waals surface area contributed by atoms with Gasteiger partial charge >= 0.3 is 0 Å². The van der Waals surface area contributed by atoms with Gasteiger partial charge in [0.1, 0.15) is 10.8 Å². The average molecular weight is 549 g/mol. The van der Waals surface area contributed by atoms with Crippen molar-refractivity contribution in [2.75, 3.05) is 20.3 Å². The van der Waals surface area contributed by atoms with Crippen molar-refractivity contribution < 1.29 is 14.5 Å². The number of para-hydroxylation sites is 1.